The molecule has 1 fully saturated rings. The van der Waals surface area contributed by atoms with Crippen molar-refractivity contribution in [2.24, 2.45) is 0 Å². The van der Waals surface area contributed by atoms with Gasteiger partial charge in [0.05, 0.1) is 5.41 Å². The molecule has 3 rings (SSSR count). The van der Waals surface area contributed by atoms with E-state index in [0.29, 0.717) is 5.13 Å². The molecule has 1 aliphatic carbocycles. The van der Waals surface area contributed by atoms with Gasteiger partial charge in [0.15, 0.2) is 5.13 Å². The molecular weight excluding hydrogens is 256 g/mol. The Morgan fingerprint density at radius 3 is 2.47 bits per heavy atom. The fourth-order valence-corrected chi connectivity index (χ4v) is 2.55. The molecule has 0 atom stereocenters. The maximum atomic E-state index is 12.3. The smallest absolute Gasteiger partial charge is 0.236 e. The first-order valence-corrected chi connectivity index (χ1v) is 7.46. The number of rotatable bonds is 3. The number of amides is 1. The van der Waals surface area contributed by atoms with Crippen molar-refractivity contribution in [3.8, 4) is 0 Å². The zero-order valence-electron chi connectivity index (χ0n) is 11.2. The first-order chi connectivity index (χ1) is 9.31. The van der Waals surface area contributed by atoms with E-state index in [9.17, 15) is 4.79 Å². The summed E-state index contributed by atoms with van der Waals surface area (Å²) in [5, 5.41) is 5.43. The maximum Gasteiger partial charge on any atom is 0.236 e. The summed E-state index contributed by atoms with van der Waals surface area (Å²) in [7, 11) is 0. The van der Waals surface area contributed by atoms with Crippen LogP contribution in [0.15, 0.2) is 41.9 Å². The Morgan fingerprint density at radius 1 is 1.26 bits per heavy atom. The SMILES string of the molecule is CC.O=C(Nc1nccs1)C1(c2ccccc2)CC1. The third kappa shape index (κ3) is 2.84. The molecule has 0 saturated heterocycles. The van der Waals surface area contributed by atoms with E-state index in [1.165, 1.54) is 11.3 Å². The largest absolute Gasteiger partial charge is 0.301 e. The van der Waals surface area contributed by atoms with Crippen LogP contribution in [0.3, 0.4) is 0 Å². The molecular formula is C15H18N2OS. The number of anilines is 1. The van der Waals surface area contributed by atoms with E-state index in [1.807, 2.05) is 49.6 Å². The summed E-state index contributed by atoms with van der Waals surface area (Å²) in [6.45, 7) is 4.00. The molecule has 0 aliphatic heterocycles. The molecule has 0 spiro atoms. The van der Waals surface area contributed by atoms with Crippen molar-refractivity contribution in [3.05, 3.63) is 47.5 Å². The van der Waals surface area contributed by atoms with Crippen LogP contribution in [-0.2, 0) is 10.2 Å². The molecule has 19 heavy (non-hydrogen) atoms. The van der Waals surface area contributed by atoms with Crippen molar-refractivity contribution < 1.29 is 4.79 Å². The molecule has 1 aromatic carbocycles. The average Bonchev–Trinajstić information content (AvgIpc) is 3.15. The van der Waals surface area contributed by atoms with Gasteiger partial charge < -0.3 is 5.32 Å². The van der Waals surface area contributed by atoms with Crippen molar-refractivity contribution in [1.29, 1.82) is 0 Å². The van der Waals surface area contributed by atoms with Crippen LogP contribution in [0.25, 0.3) is 0 Å². The highest BCUT2D eigenvalue weighted by molar-refractivity contribution is 7.13. The highest BCUT2D eigenvalue weighted by atomic mass is 32.1. The molecule has 0 radical (unpaired) electrons. The number of nitrogens with zero attached hydrogens (tertiary/aromatic N) is 1. The van der Waals surface area contributed by atoms with E-state index in [0.717, 1.165) is 18.4 Å². The van der Waals surface area contributed by atoms with Gasteiger partial charge in [0.1, 0.15) is 0 Å². The molecule has 1 heterocycles. The van der Waals surface area contributed by atoms with Crippen LogP contribution in [0.2, 0.25) is 0 Å². The molecule has 1 amide bonds. The van der Waals surface area contributed by atoms with Gasteiger partial charge in [0, 0.05) is 11.6 Å². The van der Waals surface area contributed by atoms with E-state index in [2.05, 4.69) is 10.3 Å². The predicted molar refractivity (Wildman–Crippen MR) is 79.4 cm³/mol. The number of thiazole rings is 1. The Balaban J connectivity index is 0.000000637. The zero-order valence-corrected chi connectivity index (χ0v) is 12.0. The Bertz CT molecular complexity index is 518. The minimum atomic E-state index is -0.313. The van der Waals surface area contributed by atoms with E-state index >= 15 is 0 Å². The van der Waals surface area contributed by atoms with E-state index in [4.69, 9.17) is 0 Å². The van der Waals surface area contributed by atoms with Gasteiger partial charge in [-0.25, -0.2) is 4.98 Å². The second-order valence-corrected chi connectivity index (χ2v) is 5.13. The van der Waals surface area contributed by atoms with Gasteiger partial charge in [-0.05, 0) is 18.4 Å². The third-order valence-corrected chi connectivity index (χ3v) is 3.85. The van der Waals surface area contributed by atoms with Crippen LogP contribution in [0, 0.1) is 0 Å². The van der Waals surface area contributed by atoms with E-state index in [1.54, 1.807) is 6.20 Å². The lowest BCUT2D eigenvalue weighted by Crippen LogP contribution is -2.27. The number of carbonyl (C=O) groups excluding carboxylic acids is 1. The summed E-state index contributed by atoms with van der Waals surface area (Å²) in [6.07, 6.45) is 3.55. The van der Waals surface area contributed by atoms with Gasteiger partial charge in [-0.2, -0.15) is 0 Å². The molecule has 1 aromatic heterocycles. The second-order valence-electron chi connectivity index (χ2n) is 4.24. The fraction of sp³-hybridized carbons (Fsp3) is 0.333. The number of carbonyl (C=O) groups is 1. The summed E-state index contributed by atoms with van der Waals surface area (Å²) >= 11 is 1.45. The van der Waals surface area contributed by atoms with Crippen molar-refractivity contribution in [2.45, 2.75) is 32.1 Å². The van der Waals surface area contributed by atoms with Crippen molar-refractivity contribution in [3.63, 3.8) is 0 Å². The average molecular weight is 274 g/mol. The molecule has 4 heteroatoms. The normalized spacial score (nSPS) is 15.1. The van der Waals surface area contributed by atoms with Crippen molar-refractivity contribution >= 4 is 22.4 Å². The summed E-state index contributed by atoms with van der Waals surface area (Å²) in [4.78, 5) is 16.3. The zero-order chi connectivity index (χ0) is 13.7. The fourth-order valence-electron chi connectivity index (χ4n) is 2.03. The van der Waals surface area contributed by atoms with Crippen LogP contribution in [-0.4, -0.2) is 10.9 Å². The van der Waals surface area contributed by atoms with Crippen molar-refractivity contribution in [1.82, 2.24) is 4.98 Å². The number of hydrogen-bond acceptors (Lipinski definition) is 3. The van der Waals surface area contributed by atoms with Crippen LogP contribution in [0.1, 0.15) is 32.3 Å². The summed E-state index contributed by atoms with van der Waals surface area (Å²) in [5.74, 6) is 0.0682. The van der Waals surface area contributed by atoms with Crippen LogP contribution >= 0.6 is 11.3 Å². The Hall–Kier alpha value is -1.68. The van der Waals surface area contributed by atoms with Gasteiger partial charge in [0.2, 0.25) is 5.91 Å². The molecule has 100 valence electrons. The third-order valence-electron chi connectivity index (χ3n) is 3.16. The van der Waals surface area contributed by atoms with Crippen LogP contribution < -0.4 is 5.32 Å². The molecule has 3 nitrogen and oxygen atoms in total. The topological polar surface area (TPSA) is 42.0 Å². The van der Waals surface area contributed by atoms with Gasteiger partial charge in [-0.3, -0.25) is 4.79 Å². The van der Waals surface area contributed by atoms with Crippen LogP contribution in [0.4, 0.5) is 5.13 Å². The molecule has 0 bridgehead atoms. The first-order valence-electron chi connectivity index (χ1n) is 6.58. The Kier molecular flexibility index (Phi) is 4.32. The summed E-state index contributed by atoms with van der Waals surface area (Å²) in [5.41, 5.74) is 0.793. The van der Waals surface area contributed by atoms with Gasteiger partial charge >= 0.3 is 0 Å². The highest BCUT2D eigenvalue weighted by Crippen LogP contribution is 2.48. The predicted octanol–water partition coefficient (Wildman–Crippen LogP) is 3.84. The maximum absolute atomic E-state index is 12.3. The van der Waals surface area contributed by atoms with E-state index in [-0.39, 0.29) is 11.3 Å². The standard InChI is InChI=1S/C13H12N2OS.C2H6/c16-11(15-12-14-8-9-17-12)13(6-7-13)10-4-2-1-3-5-10;1-2/h1-5,8-9H,6-7H2,(H,14,15,16);1-2H3. The summed E-state index contributed by atoms with van der Waals surface area (Å²) < 4.78 is 0. The first kappa shape index (κ1) is 13.7. The quantitative estimate of drug-likeness (QED) is 0.924. The molecule has 1 saturated carbocycles. The second kappa shape index (κ2) is 5.97. The number of benzene rings is 1. The van der Waals surface area contributed by atoms with Gasteiger partial charge in [-0.1, -0.05) is 44.2 Å². The summed E-state index contributed by atoms with van der Waals surface area (Å²) in [6, 6.07) is 9.97. The number of nitrogens with one attached hydrogen (secondary N) is 1. The van der Waals surface area contributed by atoms with Gasteiger partial charge in [-0.15, -0.1) is 11.3 Å². The monoisotopic (exact) mass is 274 g/mol. The minimum Gasteiger partial charge on any atom is -0.301 e. The number of aromatic nitrogens is 1. The lowest BCUT2D eigenvalue weighted by Gasteiger charge is -2.14. The number of hydrogen-bond donors (Lipinski definition) is 1. The Labute approximate surface area is 117 Å². The minimum absolute atomic E-state index is 0.0682. The van der Waals surface area contributed by atoms with Crippen LogP contribution in [0.5, 0.6) is 0 Å². The van der Waals surface area contributed by atoms with Gasteiger partial charge in [0.25, 0.3) is 0 Å². The molecule has 2 aromatic rings. The molecule has 1 aliphatic rings. The van der Waals surface area contributed by atoms with E-state index < -0.39 is 0 Å². The lowest BCUT2D eigenvalue weighted by molar-refractivity contribution is -0.118. The molecule has 1 N–H and O–H groups in total. The van der Waals surface area contributed by atoms with Crippen molar-refractivity contribution in [2.75, 3.05) is 5.32 Å². The Morgan fingerprint density at radius 2 is 1.95 bits per heavy atom. The molecule has 0 unspecified atom stereocenters. The highest BCUT2D eigenvalue weighted by Gasteiger charge is 2.51. The lowest BCUT2D eigenvalue weighted by atomic mass is 9.95.